The van der Waals surface area contributed by atoms with Crippen LogP contribution in [0.25, 0.3) is 0 Å². The van der Waals surface area contributed by atoms with Gasteiger partial charge in [0.05, 0.1) is 0 Å². The Balaban J connectivity index is 2.69. The van der Waals surface area contributed by atoms with Crippen LogP contribution in [0.4, 0.5) is 11.4 Å². The third kappa shape index (κ3) is 3.27. The van der Waals surface area contributed by atoms with Gasteiger partial charge < -0.3 is 10.2 Å². The smallest absolute Gasteiger partial charge is 0.226 e. The van der Waals surface area contributed by atoms with Crippen molar-refractivity contribution in [3.8, 4) is 0 Å². The fraction of sp³-hybridized carbons (Fsp3) is 0.417. The molecule has 3 nitrogen and oxygen atoms in total. The van der Waals surface area contributed by atoms with Crippen LogP contribution >= 0.6 is 0 Å². The van der Waals surface area contributed by atoms with Gasteiger partial charge >= 0.3 is 0 Å². The molecule has 1 rings (SSSR count). The lowest BCUT2D eigenvalue weighted by molar-refractivity contribution is -0.118. The summed E-state index contributed by atoms with van der Waals surface area (Å²) in [5.74, 6) is 0.0612. The van der Waals surface area contributed by atoms with Gasteiger partial charge in [-0.15, -0.1) is 0 Å². The summed E-state index contributed by atoms with van der Waals surface area (Å²) in [6.45, 7) is 3.76. The first-order chi connectivity index (χ1) is 7.00. The Morgan fingerprint density at radius 1 is 1.20 bits per heavy atom. The zero-order valence-corrected chi connectivity index (χ0v) is 9.74. The van der Waals surface area contributed by atoms with Crippen LogP contribution in [0.15, 0.2) is 24.3 Å². The molecule has 0 saturated carbocycles. The van der Waals surface area contributed by atoms with Crippen LogP contribution in [-0.2, 0) is 4.79 Å². The zero-order valence-electron chi connectivity index (χ0n) is 9.74. The maximum absolute atomic E-state index is 11.4. The van der Waals surface area contributed by atoms with Gasteiger partial charge in [-0.1, -0.05) is 13.8 Å². The normalized spacial score (nSPS) is 10.2. The highest BCUT2D eigenvalue weighted by Gasteiger charge is 2.06. The van der Waals surface area contributed by atoms with Crippen LogP contribution in [0, 0.1) is 5.92 Å². The number of nitrogens with one attached hydrogen (secondary N) is 1. The Morgan fingerprint density at radius 3 is 2.13 bits per heavy atom. The van der Waals surface area contributed by atoms with E-state index in [2.05, 4.69) is 5.32 Å². The van der Waals surface area contributed by atoms with Crippen molar-refractivity contribution in [1.82, 2.24) is 0 Å². The van der Waals surface area contributed by atoms with E-state index in [4.69, 9.17) is 0 Å². The zero-order chi connectivity index (χ0) is 11.4. The molecular weight excluding hydrogens is 188 g/mol. The van der Waals surface area contributed by atoms with Crippen molar-refractivity contribution < 1.29 is 4.79 Å². The molecule has 82 valence electrons. The molecule has 0 spiro atoms. The predicted octanol–water partition coefficient (Wildman–Crippen LogP) is 2.35. The topological polar surface area (TPSA) is 32.3 Å². The molecule has 0 aromatic heterocycles. The Hall–Kier alpha value is -1.51. The highest BCUT2D eigenvalue weighted by molar-refractivity contribution is 5.92. The minimum atomic E-state index is 0.0125. The van der Waals surface area contributed by atoms with Gasteiger partial charge in [-0.3, -0.25) is 4.79 Å². The van der Waals surface area contributed by atoms with Gasteiger partial charge in [0.15, 0.2) is 0 Å². The van der Waals surface area contributed by atoms with Crippen LogP contribution in [0.5, 0.6) is 0 Å². The van der Waals surface area contributed by atoms with Crippen molar-refractivity contribution in [3.05, 3.63) is 24.3 Å². The van der Waals surface area contributed by atoms with E-state index >= 15 is 0 Å². The number of hydrogen-bond donors (Lipinski definition) is 1. The summed E-state index contributed by atoms with van der Waals surface area (Å²) in [6, 6.07) is 7.79. The van der Waals surface area contributed by atoms with Crippen LogP contribution in [0.1, 0.15) is 13.8 Å². The molecule has 1 aromatic carbocycles. The van der Waals surface area contributed by atoms with Gasteiger partial charge in [0.25, 0.3) is 0 Å². The number of anilines is 2. The lowest BCUT2D eigenvalue weighted by Gasteiger charge is -2.13. The minimum absolute atomic E-state index is 0.0125. The predicted molar refractivity (Wildman–Crippen MR) is 64.2 cm³/mol. The first kappa shape index (κ1) is 11.6. The highest BCUT2D eigenvalue weighted by Crippen LogP contribution is 2.16. The van der Waals surface area contributed by atoms with E-state index in [9.17, 15) is 4.79 Å². The maximum Gasteiger partial charge on any atom is 0.226 e. The highest BCUT2D eigenvalue weighted by atomic mass is 16.1. The van der Waals surface area contributed by atoms with E-state index in [1.807, 2.05) is 57.1 Å². The van der Waals surface area contributed by atoms with Crippen molar-refractivity contribution in [3.63, 3.8) is 0 Å². The number of benzene rings is 1. The maximum atomic E-state index is 11.4. The molecule has 3 heteroatoms. The average molecular weight is 206 g/mol. The summed E-state index contributed by atoms with van der Waals surface area (Å²) < 4.78 is 0. The van der Waals surface area contributed by atoms with Gasteiger partial charge in [-0.05, 0) is 24.3 Å². The molecule has 1 N–H and O–H groups in total. The monoisotopic (exact) mass is 206 g/mol. The van der Waals surface area contributed by atoms with Crippen LogP contribution < -0.4 is 10.2 Å². The quantitative estimate of drug-likeness (QED) is 0.823. The molecule has 0 radical (unpaired) electrons. The Kier molecular flexibility index (Phi) is 3.72. The molecule has 1 aromatic rings. The second-order valence-corrected chi connectivity index (χ2v) is 4.09. The fourth-order valence-electron chi connectivity index (χ4n) is 1.13. The van der Waals surface area contributed by atoms with Gasteiger partial charge in [-0.2, -0.15) is 0 Å². The second-order valence-electron chi connectivity index (χ2n) is 4.09. The largest absolute Gasteiger partial charge is 0.378 e. The van der Waals surface area contributed by atoms with Crippen LogP contribution in [-0.4, -0.2) is 20.0 Å². The van der Waals surface area contributed by atoms with Gasteiger partial charge in [-0.25, -0.2) is 0 Å². The molecule has 0 aliphatic carbocycles. The standard InChI is InChI=1S/C12H18N2O/c1-9(2)12(15)13-10-5-7-11(8-6-10)14(3)4/h5-9H,1-4H3,(H,13,15). The Labute approximate surface area is 91.1 Å². The van der Waals surface area contributed by atoms with E-state index in [-0.39, 0.29) is 11.8 Å². The first-order valence-electron chi connectivity index (χ1n) is 5.09. The molecular formula is C12H18N2O. The third-order valence-corrected chi connectivity index (χ3v) is 2.18. The second kappa shape index (κ2) is 4.82. The average Bonchev–Trinajstić information content (AvgIpc) is 2.18. The molecule has 0 aliphatic rings. The lowest BCUT2D eigenvalue weighted by atomic mass is 10.2. The number of nitrogens with zero attached hydrogens (tertiary/aromatic N) is 1. The van der Waals surface area contributed by atoms with Crippen molar-refractivity contribution in [2.75, 3.05) is 24.3 Å². The van der Waals surface area contributed by atoms with Crippen molar-refractivity contribution in [2.45, 2.75) is 13.8 Å². The summed E-state index contributed by atoms with van der Waals surface area (Å²) in [6.07, 6.45) is 0. The number of amides is 1. The molecule has 0 bridgehead atoms. The van der Waals surface area contributed by atoms with E-state index < -0.39 is 0 Å². The van der Waals surface area contributed by atoms with E-state index in [0.717, 1.165) is 11.4 Å². The lowest BCUT2D eigenvalue weighted by Crippen LogP contribution is -2.17. The number of carbonyl (C=O) groups excluding carboxylic acids is 1. The molecule has 0 fully saturated rings. The van der Waals surface area contributed by atoms with Crippen molar-refractivity contribution in [2.24, 2.45) is 5.92 Å². The fourth-order valence-corrected chi connectivity index (χ4v) is 1.13. The summed E-state index contributed by atoms with van der Waals surface area (Å²) in [7, 11) is 3.98. The molecule has 0 aliphatic heterocycles. The van der Waals surface area contributed by atoms with E-state index in [0.29, 0.717) is 0 Å². The summed E-state index contributed by atoms with van der Waals surface area (Å²) in [5, 5.41) is 2.85. The van der Waals surface area contributed by atoms with Crippen LogP contribution in [0.2, 0.25) is 0 Å². The Bertz CT molecular complexity index is 328. The van der Waals surface area contributed by atoms with Gasteiger partial charge in [0, 0.05) is 31.4 Å². The van der Waals surface area contributed by atoms with Crippen molar-refractivity contribution >= 4 is 17.3 Å². The molecule has 1 amide bonds. The number of hydrogen-bond acceptors (Lipinski definition) is 2. The Morgan fingerprint density at radius 2 is 1.73 bits per heavy atom. The number of rotatable bonds is 3. The van der Waals surface area contributed by atoms with Crippen LogP contribution in [0.3, 0.4) is 0 Å². The summed E-state index contributed by atoms with van der Waals surface area (Å²) in [4.78, 5) is 13.4. The summed E-state index contributed by atoms with van der Waals surface area (Å²) in [5.41, 5.74) is 1.97. The molecule has 15 heavy (non-hydrogen) atoms. The van der Waals surface area contributed by atoms with Gasteiger partial charge in [0.1, 0.15) is 0 Å². The SMILES string of the molecule is CC(C)C(=O)Nc1ccc(N(C)C)cc1. The third-order valence-electron chi connectivity index (χ3n) is 2.18. The van der Waals surface area contributed by atoms with Crippen molar-refractivity contribution in [1.29, 1.82) is 0 Å². The number of carbonyl (C=O) groups is 1. The van der Waals surface area contributed by atoms with E-state index in [1.54, 1.807) is 0 Å². The van der Waals surface area contributed by atoms with E-state index in [1.165, 1.54) is 0 Å². The molecule has 0 saturated heterocycles. The molecule has 0 heterocycles. The molecule has 0 unspecified atom stereocenters. The van der Waals surface area contributed by atoms with Gasteiger partial charge in [0.2, 0.25) is 5.91 Å². The summed E-state index contributed by atoms with van der Waals surface area (Å²) >= 11 is 0. The first-order valence-corrected chi connectivity index (χ1v) is 5.09. The minimum Gasteiger partial charge on any atom is -0.378 e. The molecule has 0 atom stereocenters.